The van der Waals surface area contributed by atoms with E-state index in [0.717, 1.165) is 10.6 Å². The zero-order valence-corrected chi connectivity index (χ0v) is 11.0. The maximum absolute atomic E-state index is 13.5. The quantitative estimate of drug-likeness (QED) is 0.700. The van der Waals surface area contributed by atoms with Gasteiger partial charge in [-0.1, -0.05) is 0 Å². The number of aliphatic hydroxyl groups is 1. The number of rotatable bonds is 2. The summed E-state index contributed by atoms with van der Waals surface area (Å²) in [5, 5.41) is 10.1. The van der Waals surface area contributed by atoms with Crippen LogP contribution in [0, 0.1) is 0 Å². The molecule has 2 saturated heterocycles. The van der Waals surface area contributed by atoms with Crippen molar-refractivity contribution in [3.05, 3.63) is 33.1 Å². The molecule has 1 saturated carbocycles. The molecule has 2 N–H and O–H groups in total. The zero-order chi connectivity index (χ0) is 15.0. The van der Waals surface area contributed by atoms with E-state index < -0.39 is 47.1 Å². The van der Waals surface area contributed by atoms with Crippen LogP contribution in [0.5, 0.6) is 0 Å². The van der Waals surface area contributed by atoms with E-state index in [1.165, 1.54) is 6.20 Å². The van der Waals surface area contributed by atoms with Gasteiger partial charge in [-0.3, -0.25) is 14.3 Å². The summed E-state index contributed by atoms with van der Waals surface area (Å²) in [6.07, 6.45) is -0.934. The van der Waals surface area contributed by atoms with Gasteiger partial charge in [0, 0.05) is 12.3 Å². The molecule has 1 spiro atoms. The molecular formula is C12H13FN2O6. The number of aliphatic hydroxyl groups excluding tert-OH is 1. The molecule has 4 rings (SSSR count). The van der Waals surface area contributed by atoms with E-state index in [4.69, 9.17) is 14.2 Å². The second-order valence-corrected chi connectivity index (χ2v) is 5.66. The van der Waals surface area contributed by atoms with Crippen LogP contribution in [0.3, 0.4) is 0 Å². The van der Waals surface area contributed by atoms with Crippen LogP contribution in [0.25, 0.3) is 0 Å². The molecule has 1 aromatic rings. The minimum Gasteiger partial charge on any atom is -0.387 e. The maximum Gasteiger partial charge on any atom is 0.330 e. The molecule has 21 heavy (non-hydrogen) atoms. The van der Waals surface area contributed by atoms with Crippen LogP contribution in [-0.2, 0) is 14.2 Å². The molecule has 1 unspecified atom stereocenters. The first-order chi connectivity index (χ1) is 9.93. The van der Waals surface area contributed by atoms with Crippen molar-refractivity contribution in [2.45, 2.75) is 36.1 Å². The average Bonchev–Trinajstić information content (AvgIpc) is 2.70. The summed E-state index contributed by atoms with van der Waals surface area (Å²) in [6.45, 7) is 0.491. The maximum atomic E-state index is 13.5. The Labute approximate surface area is 117 Å². The lowest BCUT2D eigenvalue weighted by Gasteiger charge is -2.32. The van der Waals surface area contributed by atoms with Crippen LogP contribution >= 0.6 is 0 Å². The van der Waals surface area contributed by atoms with Crippen LogP contribution in [0.1, 0.15) is 13.2 Å². The van der Waals surface area contributed by atoms with Crippen LogP contribution in [0.15, 0.2) is 21.9 Å². The summed E-state index contributed by atoms with van der Waals surface area (Å²) in [5.41, 5.74) is -5.37. The second kappa shape index (κ2) is 3.61. The molecule has 1 aliphatic carbocycles. The molecule has 3 heterocycles. The third kappa shape index (κ3) is 1.17. The van der Waals surface area contributed by atoms with Crippen molar-refractivity contribution in [1.82, 2.24) is 9.55 Å². The fraction of sp³-hybridized carbons (Fsp3) is 0.667. The molecule has 0 amide bonds. The summed E-state index contributed by atoms with van der Waals surface area (Å²) in [4.78, 5) is 25.2. The highest BCUT2D eigenvalue weighted by atomic mass is 19.1. The summed E-state index contributed by atoms with van der Waals surface area (Å²) in [7, 11) is 0. The van der Waals surface area contributed by atoms with E-state index >= 15 is 0 Å². The molecule has 0 radical (unpaired) electrons. The fourth-order valence-electron chi connectivity index (χ4n) is 3.70. The van der Waals surface area contributed by atoms with Crippen LogP contribution in [0.2, 0.25) is 0 Å². The Kier molecular flexibility index (Phi) is 2.26. The van der Waals surface area contributed by atoms with E-state index in [2.05, 4.69) is 4.98 Å². The molecule has 1 aromatic heterocycles. The Balaban J connectivity index is 1.86. The van der Waals surface area contributed by atoms with Gasteiger partial charge in [0.25, 0.3) is 5.56 Å². The number of aromatic amines is 1. The standard InChI is InChI=1S/C12H13FN2O6/c1-10-8(15-3-2-6(16)14-9(15)18)21-11(4-13)7(17)12(10,11)20-5-19-10/h2-3,7-8,17H,4-5H2,1H3,(H,14,16,18)/t7?,8-,10+,11-,12+/m1/s1. The van der Waals surface area contributed by atoms with E-state index in [1.807, 2.05) is 0 Å². The van der Waals surface area contributed by atoms with E-state index in [9.17, 15) is 19.1 Å². The predicted molar refractivity (Wildman–Crippen MR) is 64.3 cm³/mol. The number of H-pyrrole nitrogens is 1. The number of hydrogen-bond acceptors (Lipinski definition) is 6. The van der Waals surface area contributed by atoms with Gasteiger partial charge in [0.1, 0.15) is 25.2 Å². The Morgan fingerprint density at radius 1 is 1.52 bits per heavy atom. The second-order valence-electron chi connectivity index (χ2n) is 5.66. The Morgan fingerprint density at radius 2 is 2.29 bits per heavy atom. The predicted octanol–water partition coefficient (Wildman–Crippen LogP) is -1.35. The largest absolute Gasteiger partial charge is 0.387 e. The first-order valence-electron chi connectivity index (χ1n) is 6.44. The van der Waals surface area contributed by atoms with Gasteiger partial charge in [-0.15, -0.1) is 0 Å². The number of nitrogens with zero attached hydrogens (tertiary/aromatic N) is 1. The lowest BCUT2D eigenvalue weighted by molar-refractivity contribution is -0.160. The molecule has 2 aliphatic heterocycles. The van der Waals surface area contributed by atoms with Crippen LogP contribution in [-0.4, -0.2) is 51.0 Å². The SMILES string of the molecule is C[C@@]12OCO[C@@]13C(O)[C@@]3(CF)O[C@H]2n1ccc(=O)[nH]c1=O. The average molecular weight is 300 g/mol. The van der Waals surface area contributed by atoms with E-state index in [-0.39, 0.29) is 6.79 Å². The first kappa shape index (κ1) is 13.1. The molecular weight excluding hydrogens is 287 g/mol. The summed E-state index contributed by atoms with van der Waals surface area (Å²) in [5.74, 6) is 0. The van der Waals surface area contributed by atoms with Crippen molar-refractivity contribution < 1.29 is 23.7 Å². The van der Waals surface area contributed by atoms with Crippen molar-refractivity contribution in [3.8, 4) is 0 Å². The third-order valence-corrected chi connectivity index (χ3v) is 4.85. The number of alkyl halides is 1. The normalized spacial score (nSPS) is 47.2. The first-order valence-corrected chi connectivity index (χ1v) is 6.44. The number of ether oxygens (including phenoxy) is 3. The smallest absolute Gasteiger partial charge is 0.330 e. The summed E-state index contributed by atoms with van der Waals surface area (Å²) < 4.78 is 31.2. The monoisotopic (exact) mass is 300 g/mol. The van der Waals surface area contributed by atoms with Crippen LogP contribution in [0.4, 0.5) is 4.39 Å². The number of halogens is 1. The van der Waals surface area contributed by atoms with Gasteiger partial charge in [0.15, 0.2) is 17.4 Å². The van der Waals surface area contributed by atoms with Crippen LogP contribution < -0.4 is 11.2 Å². The third-order valence-electron chi connectivity index (χ3n) is 4.85. The highest BCUT2D eigenvalue weighted by Gasteiger charge is 2.95. The molecule has 3 aliphatic rings. The highest BCUT2D eigenvalue weighted by Crippen LogP contribution is 2.72. The van der Waals surface area contributed by atoms with Crippen molar-refractivity contribution in [1.29, 1.82) is 0 Å². The van der Waals surface area contributed by atoms with Gasteiger partial charge in [-0.2, -0.15) is 0 Å². The summed E-state index contributed by atoms with van der Waals surface area (Å²) in [6, 6.07) is 1.15. The molecule has 0 aromatic carbocycles. The minimum absolute atomic E-state index is 0.132. The molecule has 9 heteroatoms. The lowest BCUT2D eigenvalue weighted by Crippen LogP contribution is -2.49. The summed E-state index contributed by atoms with van der Waals surface area (Å²) >= 11 is 0. The van der Waals surface area contributed by atoms with Crippen molar-refractivity contribution in [2.24, 2.45) is 0 Å². The van der Waals surface area contributed by atoms with E-state index in [0.29, 0.717) is 0 Å². The fourth-order valence-corrected chi connectivity index (χ4v) is 3.70. The lowest BCUT2D eigenvalue weighted by atomic mass is 9.94. The number of hydrogen-bond donors (Lipinski definition) is 2. The number of aromatic nitrogens is 2. The van der Waals surface area contributed by atoms with Gasteiger partial charge in [0.2, 0.25) is 0 Å². The van der Waals surface area contributed by atoms with Gasteiger partial charge in [-0.25, -0.2) is 9.18 Å². The van der Waals surface area contributed by atoms with Gasteiger partial charge in [-0.05, 0) is 6.92 Å². The van der Waals surface area contributed by atoms with Gasteiger partial charge in [0.05, 0.1) is 0 Å². The molecule has 0 bridgehead atoms. The minimum atomic E-state index is -1.54. The number of nitrogens with one attached hydrogen (secondary N) is 1. The molecule has 3 fully saturated rings. The Morgan fingerprint density at radius 3 is 2.95 bits per heavy atom. The van der Waals surface area contributed by atoms with Crippen molar-refractivity contribution >= 4 is 0 Å². The molecule has 8 nitrogen and oxygen atoms in total. The van der Waals surface area contributed by atoms with E-state index in [1.54, 1.807) is 6.92 Å². The Hall–Kier alpha value is -1.55. The molecule has 5 atom stereocenters. The van der Waals surface area contributed by atoms with Crippen molar-refractivity contribution in [2.75, 3.05) is 13.5 Å². The molecule has 114 valence electrons. The van der Waals surface area contributed by atoms with Crippen molar-refractivity contribution in [3.63, 3.8) is 0 Å². The van der Waals surface area contributed by atoms with Gasteiger partial charge < -0.3 is 19.3 Å². The highest BCUT2D eigenvalue weighted by molar-refractivity contribution is 5.41. The Bertz CT molecular complexity index is 733. The van der Waals surface area contributed by atoms with Gasteiger partial charge >= 0.3 is 5.69 Å². The zero-order valence-electron chi connectivity index (χ0n) is 11.0. The topological polar surface area (TPSA) is 103 Å².